The van der Waals surface area contributed by atoms with Crippen LogP contribution in [0.1, 0.15) is 27.8 Å². The molecule has 2 aliphatic carbocycles. The van der Waals surface area contributed by atoms with E-state index in [0.29, 0.717) is 23.0 Å². The van der Waals surface area contributed by atoms with E-state index in [1.807, 2.05) is 48.5 Å². The summed E-state index contributed by atoms with van der Waals surface area (Å²) in [7, 11) is 0. The Bertz CT molecular complexity index is 3670. The Hall–Kier alpha value is -8.30. The Labute approximate surface area is 374 Å². The third-order valence-electron chi connectivity index (χ3n) is 13.2. The van der Waals surface area contributed by atoms with E-state index >= 15 is 0 Å². The minimum Gasteiger partial charge on any atom is -0.208 e. The van der Waals surface area contributed by atoms with Crippen LogP contribution in [-0.4, -0.2) is 15.0 Å². The molecule has 13 rings (SSSR count). The third kappa shape index (κ3) is 5.30. The Morgan fingerprint density at radius 3 is 1.50 bits per heavy atom. The minimum absolute atomic E-state index is 0.412. The number of hydrogen-bond acceptors (Lipinski definition) is 5. The lowest BCUT2D eigenvalue weighted by Gasteiger charge is -2.32. The first-order valence-corrected chi connectivity index (χ1v) is 22.3. The van der Waals surface area contributed by atoms with Crippen molar-refractivity contribution in [3.8, 4) is 84.7 Å². The van der Waals surface area contributed by atoms with Gasteiger partial charge in [-0.2, -0.15) is 5.26 Å². The summed E-state index contributed by atoms with van der Waals surface area (Å²) < 4.78 is 2.24. The predicted octanol–water partition coefficient (Wildman–Crippen LogP) is 14.8. The number of aromatic nitrogens is 3. The molecule has 2 aliphatic rings. The lowest BCUT2D eigenvalue weighted by atomic mass is 9.68. The summed E-state index contributed by atoms with van der Waals surface area (Å²) in [6, 6.07) is 75.9. The van der Waals surface area contributed by atoms with Gasteiger partial charge in [-0.25, -0.2) is 15.0 Å². The Balaban J connectivity index is 0.893. The normalized spacial score (nSPS) is 12.8. The zero-order valence-electron chi connectivity index (χ0n) is 34.3. The van der Waals surface area contributed by atoms with Crippen LogP contribution in [0.3, 0.4) is 0 Å². The molecular formula is C59H34N4S. The average Bonchev–Trinajstić information content (AvgIpc) is 4.00. The summed E-state index contributed by atoms with van der Waals surface area (Å²) in [5, 5.41) is 11.8. The summed E-state index contributed by atoms with van der Waals surface area (Å²) >= 11 is 1.71. The van der Waals surface area contributed by atoms with E-state index in [1.165, 1.54) is 55.6 Å². The zero-order valence-corrected chi connectivity index (χ0v) is 35.1. The Morgan fingerprint density at radius 1 is 0.375 bits per heavy atom. The highest BCUT2D eigenvalue weighted by Crippen LogP contribution is 2.64. The number of rotatable bonds is 5. The maximum Gasteiger partial charge on any atom is 0.164 e. The van der Waals surface area contributed by atoms with E-state index in [-0.39, 0.29) is 0 Å². The molecule has 0 radical (unpaired) electrons. The van der Waals surface area contributed by atoms with Gasteiger partial charge >= 0.3 is 0 Å². The minimum atomic E-state index is -0.412. The zero-order chi connectivity index (χ0) is 42.4. The standard InChI is InChI=1S/C59H34N4S/c60-35-36-24-33-52-48(34-36)54-47(19-11-23-53(54)64-52)58-62-56(40-12-2-1-3-13-40)61-57(63-58)41-31-27-38(28-32-41)37-25-29-39(30-26-37)42-17-10-18-46-45-16-6-9-22-51(45)59(55(42)46)49-20-7-4-14-43(49)44-15-5-8-21-50(44)59/h1-34H. The molecule has 64 heavy (non-hydrogen) atoms. The highest BCUT2D eigenvalue weighted by molar-refractivity contribution is 7.25. The van der Waals surface area contributed by atoms with Crippen molar-refractivity contribution in [1.29, 1.82) is 5.26 Å². The molecule has 0 amide bonds. The van der Waals surface area contributed by atoms with Gasteiger partial charge in [0, 0.05) is 36.9 Å². The number of nitrogens with zero attached hydrogens (tertiary/aromatic N) is 4. The molecule has 5 heteroatoms. The summed E-state index contributed by atoms with van der Waals surface area (Å²) in [4.78, 5) is 15.3. The number of thiophene rings is 1. The van der Waals surface area contributed by atoms with Crippen LogP contribution in [0, 0.1) is 11.3 Å². The number of hydrogen-bond donors (Lipinski definition) is 0. The van der Waals surface area contributed by atoms with Crippen LogP contribution in [0.2, 0.25) is 0 Å². The highest BCUT2D eigenvalue weighted by atomic mass is 32.1. The molecule has 0 saturated heterocycles. The molecule has 9 aromatic carbocycles. The molecule has 0 N–H and O–H groups in total. The molecule has 0 unspecified atom stereocenters. The molecule has 2 aromatic heterocycles. The first-order valence-electron chi connectivity index (χ1n) is 21.5. The fraction of sp³-hybridized carbons (Fsp3) is 0.0169. The van der Waals surface area contributed by atoms with Gasteiger partial charge in [0.15, 0.2) is 17.5 Å². The van der Waals surface area contributed by atoms with Gasteiger partial charge in [-0.1, -0.05) is 182 Å². The van der Waals surface area contributed by atoms with Crippen molar-refractivity contribution in [2.24, 2.45) is 0 Å². The van der Waals surface area contributed by atoms with Gasteiger partial charge < -0.3 is 0 Å². The molecule has 2 heterocycles. The third-order valence-corrected chi connectivity index (χ3v) is 14.4. The number of fused-ring (bicyclic) bond motifs is 13. The molecule has 0 fully saturated rings. The Morgan fingerprint density at radius 2 is 0.859 bits per heavy atom. The van der Waals surface area contributed by atoms with E-state index in [2.05, 4.69) is 164 Å². The SMILES string of the molecule is N#Cc1ccc2sc3cccc(-c4nc(-c5ccccc5)nc(-c5ccc(-c6ccc(-c7cccc8c7C7(c9ccccc9-c9ccccc97)c7ccccc7-8)cc6)cc5)n4)c3c2c1. The fourth-order valence-corrected chi connectivity index (χ4v) is 11.6. The summed E-state index contributed by atoms with van der Waals surface area (Å²) in [6.45, 7) is 0. The maximum atomic E-state index is 9.74. The lowest BCUT2D eigenvalue weighted by molar-refractivity contribution is 0.796. The second kappa shape index (κ2) is 14.1. The molecule has 0 saturated carbocycles. The van der Waals surface area contributed by atoms with Crippen LogP contribution in [0.5, 0.6) is 0 Å². The lowest BCUT2D eigenvalue weighted by Crippen LogP contribution is -2.26. The summed E-state index contributed by atoms with van der Waals surface area (Å²) in [6.07, 6.45) is 0. The van der Waals surface area contributed by atoms with Crippen molar-refractivity contribution >= 4 is 31.5 Å². The van der Waals surface area contributed by atoms with E-state index < -0.39 is 5.41 Å². The van der Waals surface area contributed by atoms with Crippen LogP contribution < -0.4 is 0 Å². The largest absolute Gasteiger partial charge is 0.208 e. The molecule has 1 spiro atoms. The van der Waals surface area contributed by atoms with Gasteiger partial charge in [-0.15, -0.1) is 11.3 Å². The topological polar surface area (TPSA) is 62.5 Å². The van der Waals surface area contributed by atoms with Crippen molar-refractivity contribution in [3.05, 3.63) is 234 Å². The number of benzene rings is 9. The van der Waals surface area contributed by atoms with Crippen molar-refractivity contribution in [3.63, 3.8) is 0 Å². The van der Waals surface area contributed by atoms with Crippen LogP contribution in [-0.2, 0) is 5.41 Å². The molecule has 0 atom stereocenters. The van der Waals surface area contributed by atoms with Gasteiger partial charge in [0.2, 0.25) is 0 Å². The van der Waals surface area contributed by atoms with Gasteiger partial charge in [-0.05, 0) is 91.0 Å². The van der Waals surface area contributed by atoms with Gasteiger partial charge in [-0.3, -0.25) is 0 Å². The smallest absolute Gasteiger partial charge is 0.164 e. The van der Waals surface area contributed by atoms with Gasteiger partial charge in [0.1, 0.15) is 0 Å². The van der Waals surface area contributed by atoms with Gasteiger partial charge in [0.05, 0.1) is 17.0 Å². The monoisotopic (exact) mass is 830 g/mol. The summed E-state index contributed by atoms with van der Waals surface area (Å²) in [5.41, 5.74) is 18.2. The van der Waals surface area contributed by atoms with Crippen LogP contribution in [0.4, 0.5) is 0 Å². The van der Waals surface area contributed by atoms with Crippen molar-refractivity contribution in [2.45, 2.75) is 5.41 Å². The molecule has 0 aliphatic heterocycles. The first kappa shape index (κ1) is 36.4. The predicted molar refractivity (Wildman–Crippen MR) is 261 cm³/mol. The fourth-order valence-electron chi connectivity index (χ4n) is 10.5. The van der Waals surface area contributed by atoms with Crippen molar-refractivity contribution in [1.82, 2.24) is 15.0 Å². The van der Waals surface area contributed by atoms with Crippen LogP contribution in [0.25, 0.3) is 98.8 Å². The van der Waals surface area contributed by atoms with E-state index in [1.54, 1.807) is 11.3 Å². The number of nitriles is 1. The van der Waals surface area contributed by atoms with Crippen LogP contribution in [0.15, 0.2) is 206 Å². The van der Waals surface area contributed by atoms with E-state index in [4.69, 9.17) is 15.0 Å². The van der Waals surface area contributed by atoms with E-state index in [0.717, 1.165) is 48.0 Å². The highest BCUT2D eigenvalue weighted by Gasteiger charge is 2.52. The van der Waals surface area contributed by atoms with Crippen molar-refractivity contribution < 1.29 is 0 Å². The molecule has 0 bridgehead atoms. The molecular weight excluding hydrogens is 797 g/mol. The maximum absolute atomic E-state index is 9.74. The van der Waals surface area contributed by atoms with Crippen molar-refractivity contribution in [2.75, 3.05) is 0 Å². The summed E-state index contributed by atoms with van der Waals surface area (Å²) in [5.74, 6) is 1.80. The Kier molecular flexibility index (Phi) is 8.02. The molecule has 4 nitrogen and oxygen atoms in total. The second-order valence-electron chi connectivity index (χ2n) is 16.5. The molecule has 296 valence electrons. The first-order chi connectivity index (χ1) is 31.7. The van der Waals surface area contributed by atoms with Gasteiger partial charge in [0.25, 0.3) is 0 Å². The van der Waals surface area contributed by atoms with E-state index in [9.17, 15) is 5.26 Å². The van der Waals surface area contributed by atoms with Crippen LogP contribution >= 0.6 is 11.3 Å². The molecule has 11 aromatic rings. The second-order valence-corrected chi connectivity index (χ2v) is 17.6. The quantitative estimate of drug-likeness (QED) is 0.173. The average molecular weight is 831 g/mol.